The molecule has 0 aliphatic rings. The van der Waals surface area contributed by atoms with E-state index in [1.54, 1.807) is 35.9 Å². The summed E-state index contributed by atoms with van der Waals surface area (Å²) in [5.74, 6) is 0. The van der Waals surface area contributed by atoms with Gasteiger partial charge in [0.2, 0.25) is 0 Å². The number of halogens is 6. The highest BCUT2D eigenvalue weighted by Gasteiger charge is 2.06. The smallest absolute Gasteiger partial charge is 0.159 e. The van der Waals surface area contributed by atoms with E-state index in [0.717, 1.165) is 18.1 Å². The summed E-state index contributed by atoms with van der Waals surface area (Å²) in [5.41, 5.74) is 0.830. The summed E-state index contributed by atoms with van der Waals surface area (Å²) < 4.78 is 1.87. The van der Waals surface area contributed by atoms with Crippen molar-refractivity contribution in [3.8, 4) is 10.6 Å². The Bertz CT molecular complexity index is 1000. The summed E-state index contributed by atoms with van der Waals surface area (Å²) in [6.45, 7) is 0. The number of hydrogen-bond donors (Lipinski definition) is 0. The highest BCUT2D eigenvalue weighted by Crippen LogP contribution is 2.30. The SMILES string of the molecule is Brc1nccs1.Clc1cc(-c2nccs2)c(Cl)cn1.Clc1cc(I)c(Cl)cn1. The van der Waals surface area contributed by atoms with Crippen LogP contribution >= 0.6 is 108 Å². The molecule has 4 rings (SSSR count). The van der Waals surface area contributed by atoms with Gasteiger partial charge in [0.05, 0.1) is 10.0 Å². The molecule has 4 aromatic heterocycles. The standard InChI is InChI=1S/C8H4Cl2N2S.C5H2Cl2IN.C3H2BrNS/c9-6-4-12-7(10)3-5(6)8-11-1-2-13-8;6-3-2-9-5(7)1-4(3)8;4-3-5-1-2-6-3/h1-4H;1-2H;1-2H. The molecular formula is C16H8BrCl4IN4S2. The van der Waals surface area contributed by atoms with Crippen LogP contribution in [0.15, 0.2) is 51.6 Å². The maximum atomic E-state index is 5.93. The second-order valence-electron chi connectivity index (χ2n) is 4.53. The van der Waals surface area contributed by atoms with Crippen LogP contribution < -0.4 is 0 Å². The van der Waals surface area contributed by atoms with Crippen LogP contribution in [0, 0.1) is 3.57 Å². The third-order valence-corrected chi connectivity index (χ3v) is 7.02. The molecule has 146 valence electrons. The summed E-state index contributed by atoms with van der Waals surface area (Å²) >= 11 is 31.3. The largest absolute Gasteiger partial charge is 0.244 e. The summed E-state index contributed by atoms with van der Waals surface area (Å²) in [5, 5.41) is 6.77. The molecule has 4 heterocycles. The van der Waals surface area contributed by atoms with Crippen molar-refractivity contribution in [1.29, 1.82) is 0 Å². The fourth-order valence-corrected chi connectivity index (χ4v) is 4.28. The molecule has 28 heavy (non-hydrogen) atoms. The first-order valence-corrected chi connectivity index (χ1v) is 12.2. The minimum atomic E-state index is 0.426. The molecule has 0 fully saturated rings. The lowest BCUT2D eigenvalue weighted by atomic mass is 10.3. The van der Waals surface area contributed by atoms with Crippen LogP contribution in [0.5, 0.6) is 0 Å². The van der Waals surface area contributed by atoms with Gasteiger partial charge in [0.15, 0.2) is 3.92 Å². The van der Waals surface area contributed by atoms with Crippen LogP contribution in [-0.2, 0) is 0 Å². The van der Waals surface area contributed by atoms with Crippen LogP contribution in [0.25, 0.3) is 10.6 Å². The molecule has 0 aromatic carbocycles. The van der Waals surface area contributed by atoms with Gasteiger partial charge in [-0.3, -0.25) is 0 Å². The Labute approximate surface area is 211 Å². The van der Waals surface area contributed by atoms with Crippen molar-refractivity contribution in [1.82, 2.24) is 19.9 Å². The lowest BCUT2D eigenvalue weighted by Crippen LogP contribution is -1.81. The Balaban J connectivity index is 0.000000162. The van der Waals surface area contributed by atoms with E-state index in [1.807, 2.05) is 10.8 Å². The van der Waals surface area contributed by atoms with Gasteiger partial charge < -0.3 is 0 Å². The van der Waals surface area contributed by atoms with Crippen molar-refractivity contribution in [2.24, 2.45) is 0 Å². The van der Waals surface area contributed by atoms with Gasteiger partial charge in [0.25, 0.3) is 0 Å². The monoisotopic (exact) mass is 666 g/mol. The predicted molar refractivity (Wildman–Crippen MR) is 132 cm³/mol. The summed E-state index contributed by atoms with van der Waals surface area (Å²) in [6, 6.07) is 3.42. The third-order valence-electron chi connectivity index (χ3n) is 2.66. The summed E-state index contributed by atoms with van der Waals surface area (Å²) in [4.78, 5) is 15.6. The molecule has 0 atom stereocenters. The molecule has 12 heteroatoms. The molecule has 0 bridgehead atoms. The van der Waals surface area contributed by atoms with Crippen molar-refractivity contribution < 1.29 is 0 Å². The Morgan fingerprint density at radius 3 is 1.86 bits per heavy atom. The van der Waals surface area contributed by atoms with Crippen molar-refractivity contribution in [2.45, 2.75) is 0 Å². The number of rotatable bonds is 1. The zero-order valence-corrected chi connectivity index (χ0v) is 21.9. The number of nitrogens with zero attached hydrogens (tertiary/aromatic N) is 4. The minimum Gasteiger partial charge on any atom is -0.244 e. The molecule has 0 radical (unpaired) electrons. The first-order chi connectivity index (χ1) is 13.4. The molecule has 4 nitrogen and oxygen atoms in total. The fourth-order valence-electron chi connectivity index (χ4n) is 1.53. The number of pyridine rings is 2. The zero-order valence-electron chi connectivity index (χ0n) is 13.5. The summed E-state index contributed by atoms with van der Waals surface area (Å²) in [7, 11) is 0. The van der Waals surface area contributed by atoms with E-state index in [1.165, 1.54) is 23.7 Å². The number of hydrogen-bond acceptors (Lipinski definition) is 6. The maximum absolute atomic E-state index is 5.93. The molecule has 0 N–H and O–H groups in total. The van der Waals surface area contributed by atoms with Crippen LogP contribution in [-0.4, -0.2) is 19.9 Å². The van der Waals surface area contributed by atoms with E-state index >= 15 is 0 Å². The average Bonchev–Trinajstić information content (AvgIpc) is 3.35. The normalized spacial score (nSPS) is 9.79. The first-order valence-electron chi connectivity index (χ1n) is 7.09. The van der Waals surface area contributed by atoms with Gasteiger partial charge in [-0.15, -0.1) is 22.7 Å². The quantitative estimate of drug-likeness (QED) is 0.151. The van der Waals surface area contributed by atoms with E-state index in [9.17, 15) is 0 Å². The molecule has 0 saturated carbocycles. The first kappa shape index (κ1) is 24.2. The highest BCUT2D eigenvalue weighted by molar-refractivity contribution is 14.1. The van der Waals surface area contributed by atoms with E-state index in [4.69, 9.17) is 46.4 Å². The van der Waals surface area contributed by atoms with Gasteiger partial charge >= 0.3 is 0 Å². The van der Waals surface area contributed by atoms with Crippen LogP contribution in [0.4, 0.5) is 0 Å². The Morgan fingerprint density at radius 2 is 1.39 bits per heavy atom. The lowest BCUT2D eigenvalue weighted by Gasteiger charge is -1.99. The molecule has 0 unspecified atom stereocenters. The molecule has 4 aromatic rings. The summed E-state index contributed by atoms with van der Waals surface area (Å²) in [6.07, 6.45) is 6.55. The lowest BCUT2D eigenvalue weighted by molar-refractivity contribution is 1.31. The number of aromatic nitrogens is 4. The second-order valence-corrected chi connectivity index (χ2v) is 10.3. The van der Waals surface area contributed by atoms with Crippen molar-refractivity contribution >= 4 is 108 Å². The molecule has 0 aliphatic carbocycles. The third kappa shape index (κ3) is 8.35. The Morgan fingerprint density at radius 1 is 0.786 bits per heavy atom. The highest BCUT2D eigenvalue weighted by atomic mass is 127. The minimum absolute atomic E-state index is 0.426. The molecule has 0 saturated heterocycles. The average molecular weight is 669 g/mol. The van der Waals surface area contributed by atoms with Crippen LogP contribution in [0.3, 0.4) is 0 Å². The van der Waals surface area contributed by atoms with Gasteiger partial charge in [0.1, 0.15) is 15.3 Å². The molecule has 0 amide bonds. The van der Waals surface area contributed by atoms with E-state index in [0.29, 0.717) is 20.4 Å². The van der Waals surface area contributed by atoms with Gasteiger partial charge in [-0.2, -0.15) is 0 Å². The van der Waals surface area contributed by atoms with Crippen LogP contribution in [0.2, 0.25) is 20.4 Å². The molecule has 0 spiro atoms. The van der Waals surface area contributed by atoms with Gasteiger partial charge in [-0.25, -0.2) is 19.9 Å². The van der Waals surface area contributed by atoms with Gasteiger partial charge in [-0.05, 0) is 50.7 Å². The fraction of sp³-hybridized carbons (Fsp3) is 0. The van der Waals surface area contributed by atoms with Gasteiger partial charge in [0, 0.05) is 44.7 Å². The Hall–Kier alpha value is -0.0700. The zero-order chi connectivity index (χ0) is 20.5. The number of thiazole rings is 2. The molecule has 0 aliphatic heterocycles. The molecular weight excluding hydrogens is 661 g/mol. The van der Waals surface area contributed by atoms with Crippen molar-refractivity contribution in [3.63, 3.8) is 0 Å². The van der Waals surface area contributed by atoms with E-state index in [2.05, 4.69) is 58.5 Å². The second kappa shape index (κ2) is 12.6. The topological polar surface area (TPSA) is 51.6 Å². The van der Waals surface area contributed by atoms with E-state index in [-0.39, 0.29) is 0 Å². The van der Waals surface area contributed by atoms with Gasteiger partial charge in [-0.1, -0.05) is 46.4 Å². The Kier molecular flexibility index (Phi) is 10.9. The maximum Gasteiger partial charge on any atom is 0.159 e. The predicted octanol–water partition coefficient (Wildman–Crippen LogP) is 8.41. The van der Waals surface area contributed by atoms with Crippen molar-refractivity contribution in [2.75, 3.05) is 0 Å². The van der Waals surface area contributed by atoms with E-state index < -0.39 is 0 Å². The van der Waals surface area contributed by atoms with Crippen LogP contribution in [0.1, 0.15) is 0 Å². The van der Waals surface area contributed by atoms with Crippen molar-refractivity contribution in [3.05, 3.63) is 75.5 Å².